The Balaban J connectivity index is 1.26. The molecule has 0 saturated carbocycles. The van der Waals surface area contributed by atoms with Crippen molar-refractivity contribution in [3.8, 4) is 11.4 Å². The highest BCUT2D eigenvalue weighted by Gasteiger charge is 2.32. The van der Waals surface area contributed by atoms with E-state index in [4.69, 9.17) is 9.26 Å². The highest BCUT2D eigenvalue weighted by atomic mass is 16.5. The third-order valence-corrected chi connectivity index (χ3v) is 6.01. The van der Waals surface area contributed by atoms with E-state index in [9.17, 15) is 4.79 Å². The van der Waals surface area contributed by atoms with Crippen LogP contribution in [-0.2, 0) is 16.1 Å². The molecular weight excluding hydrogens is 368 g/mol. The van der Waals surface area contributed by atoms with Gasteiger partial charge in [-0.15, -0.1) is 0 Å². The molecule has 1 aromatic carbocycles. The highest BCUT2D eigenvalue weighted by Crippen LogP contribution is 2.25. The summed E-state index contributed by atoms with van der Waals surface area (Å²) in [5, 5.41) is 4.12. The van der Waals surface area contributed by atoms with Crippen molar-refractivity contribution < 1.29 is 14.1 Å². The van der Waals surface area contributed by atoms with Gasteiger partial charge in [0, 0.05) is 31.2 Å². The molecular formula is C22H30N4O3. The molecule has 2 saturated heterocycles. The van der Waals surface area contributed by atoms with E-state index in [0.717, 1.165) is 57.4 Å². The van der Waals surface area contributed by atoms with Crippen molar-refractivity contribution in [1.29, 1.82) is 0 Å². The Kier molecular flexibility index (Phi) is 6.56. The minimum atomic E-state index is -0.0275. The van der Waals surface area contributed by atoms with Crippen LogP contribution in [0.25, 0.3) is 11.4 Å². The van der Waals surface area contributed by atoms with Gasteiger partial charge >= 0.3 is 5.97 Å². The van der Waals surface area contributed by atoms with Crippen LogP contribution in [0.1, 0.15) is 38.5 Å². The smallest absolute Gasteiger partial charge is 0.310 e. The van der Waals surface area contributed by atoms with Gasteiger partial charge in [-0.25, -0.2) is 0 Å². The molecule has 0 bridgehead atoms. The second-order valence-corrected chi connectivity index (χ2v) is 7.97. The third kappa shape index (κ3) is 5.03. The molecule has 7 heteroatoms. The molecule has 1 aromatic heterocycles. The number of likely N-dealkylation sites (tertiary alicyclic amines) is 2. The Morgan fingerprint density at radius 1 is 1.17 bits per heavy atom. The van der Waals surface area contributed by atoms with E-state index in [2.05, 4.69) is 19.9 Å². The Hall–Kier alpha value is -2.25. The van der Waals surface area contributed by atoms with Gasteiger partial charge in [-0.1, -0.05) is 35.5 Å². The zero-order valence-corrected chi connectivity index (χ0v) is 17.1. The van der Waals surface area contributed by atoms with Crippen molar-refractivity contribution in [2.24, 2.45) is 5.92 Å². The summed E-state index contributed by atoms with van der Waals surface area (Å²) >= 11 is 0. The Morgan fingerprint density at radius 3 is 2.72 bits per heavy atom. The van der Waals surface area contributed by atoms with Crippen molar-refractivity contribution in [2.45, 2.75) is 45.2 Å². The quantitative estimate of drug-likeness (QED) is 0.693. The number of rotatable bonds is 6. The summed E-state index contributed by atoms with van der Waals surface area (Å²) in [4.78, 5) is 21.5. The van der Waals surface area contributed by atoms with E-state index in [1.54, 1.807) is 0 Å². The first kappa shape index (κ1) is 20.0. The van der Waals surface area contributed by atoms with E-state index in [-0.39, 0.29) is 11.9 Å². The molecule has 156 valence electrons. The number of nitrogens with zero attached hydrogens (tertiary/aromatic N) is 4. The summed E-state index contributed by atoms with van der Waals surface area (Å²) in [6, 6.07) is 10.5. The summed E-state index contributed by atoms with van der Waals surface area (Å²) < 4.78 is 10.7. The van der Waals surface area contributed by atoms with E-state index < -0.39 is 0 Å². The van der Waals surface area contributed by atoms with Gasteiger partial charge in [0.1, 0.15) is 0 Å². The van der Waals surface area contributed by atoms with E-state index in [1.807, 2.05) is 37.3 Å². The topological polar surface area (TPSA) is 71.7 Å². The second kappa shape index (κ2) is 9.50. The lowest BCUT2D eigenvalue weighted by molar-refractivity contribution is -0.150. The maximum absolute atomic E-state index is 12.1. The second-order valence-electron chi connectivity index (χ2n) is 7.97. The number of carbonyl (C=O) groups is 1. The number of piperidine rings is 2. The fourth-order valence-electron chi connectivity index (χ4n) is 4.45. The zero-order valence-electron chi connectivity index (χ0n) is 17.1. The fourth-order valence-corrected chi connectivity index (χ4v) is 4.45. The van der Waals surface area contributed by atoms with Crippen molar-refractivity contribution in [1.82, 2.24) is 19.9 Å². The SMILES string of the molecule is CCOC(=O)[C@H]1CCCN(C2CCN(Cc3nc(-c4ccccc4)no3)CC2)C1. The summed E-state index contributed by atoms with van der Waals surface area (Å²) in [5.74, 6) is 1.33. The largest absolute Gasteiger partial charge is 0.466 e. The van der Waals surface area contributed by atoms with E-state index in [1.165, 1.54) is 0 Å². The van der Waals surface area contributed by atoms with Gasteiger partial charge in [-0.3, -0.25) is 14.6 Å². The van der Waals surface area contributed by atoms with Crippen LogP contribution in [-0.4, -0.2) is 64.7 Å². The molecule has 1 atom stereocenters. The molecule has 2 aromatic rings. The lowest BCUT2D eigenvalue weighted by Gasteiger charge is -2.41. The highest BCUT2D eigenvalue weighted by molar-refractivity contribution is 5.72. The van der Waals surface area contributed by atoms with Gasteiger partial charge in [-0.05, 0) is 39.2 Å². The first-order valence-electron chi connectivity index (χ1n) is 10.7. The first-order chi connectivity index (χ1) is 14.2. The Morgan fingerprint density at radius 2 is 1.97 bits per heavy atom. The van der Waals surface area contributed by atoms with Gasteiger partial charge in [0.15, 0.2) is 0 Å². The summed E-state index contributed by atoms with van der Waals surface area (Å²) in [6.45, 7) is 6.98. The van der Waals surface area contributed by atoms with Crippen LogP contribution >= 0.6 is 0 Å². The van der Waals surface area contributed by atoms with Gasteiger partial charge < -0.3 is 9.26 Å². The normalized spacial score (nSPS) is 21.9. The van der Waals surface area contributed by atoms with Gasteiger partial charge in [-0.2, -0.15) is 4.98 Å². The standard InChI is InChI=1S/C22H30N4O3/c1-2-28-22(27)18-9-6-12-26(15-18)19-10-13-25(14-11-19)16-20-23-21(24-29-20)17-7-4-3-5-8-17/h3-5,7-8,18-19H,2,6,9-16H2,1H3/t18-/m0/s1. The number of aromatic nitrogens is 2. The predicted molar refractivity (Wildman–Crippen MR) is 109 cm³/mol. The minimum Gasteiger partial charge on any atom is -0.466 e. The molecule has 0 unspecified atom stereocenters. The lowest BCUT2D eigenvalue weighted by atomic mass is 9.94. The molecule has 0 amide bonds. The van der Waals surface area contributed by atoms with Crippen LogP contribution < -0.4 is 0 Å². The van der Waals surface area contributed by atoms with Crippen molar-refractivity contribution in [2.75, 3.05) is 32.8 Å². The zero-order chi connectivity index (χ0) is 20.1. The molecule has 29 heavy (non-hydrogen) atoms. The van der Waals surface area contributed by atoms with Crippen LogP contribution in [0, 0.1) is 5.92 Å². The maximum atomic E-state index is 12.1. The number of carbonyl (C=O) groups excluding carboxylic acids is 1. The fraction of sp³-hybridized carbons (Fsp3) is 0.591. The first-order valence-corrected chi connectivity index (χ1v) is 10.7. The van der Waals surface area contributed by atoms with Crippen molar-refractivity contribution in [3.63, 3.8) is 0 Å². The number of ether oxygens (including phenoxy) is 1. The Bertz CT molecular complexity index is 786. The molecule has 0 radical (unpaired) electrons. The van der Waals surface area contributed by atoms with Crippen molar-refractivity contribution in [3.05, 3.63) is 36.2 Å². The van der Waals surface area contributed by atoms with Crippen molar-refractivity contribution >= 4 is 5.97 Å². The number of benzene rings is 1. The molecule has 0 N–H and O–H groups in total. The summed E-state index contributed by atoms with van der Waals surface area (Å²) in [7, 11) is 0. The average Bonchev–Trinajstić information content (AvgIpc) is 3.24. The molecule has 3 heterocycles. The molecule has 0 spiro atoms. The maximum Gasteiger partial charge on any atom is 0.310 e. The molecule has 2 fully saturated rings. The van der Waals surface area contributed by atoms with Gasteiger partial charge in [0.05, 0.1) is 19.1 Å². The van der Waals surface area contributed by atoms with E-state index >= 15 is 0 Å². The van der Waals surface area contributed by atoms with Crippen LogP contribution in [0.2, 0.25) is 0 Å². The third-order valence-electron chi connectivity index (χ3n) is 6.01. The lowest BCUT2D eigenvalue weighted by Crippen LogP contribution is -2.49. The van der Waals surface area contributed by atoms with Crippen LogP contribution in [0.5, 0.6) is 0 Å². The van der Waals surface area contributed by atoms with E-state index in [0.29, 0.717) is 30.9 Å². The molecule has 2 aliphatic heterocycles. The molecule has 2 aliphatic rings. The molecule has 0 aliphatic carbocycles. The number of hydrogen-bond acceptors (Lipinski definition) is 7. The number of esters is 1. The number of hydrogen-bond donors (Lipinski definition) is 0. The van der Waals surface area contributed by atoms with Gasteiger partial charge in [0.25, 0.3) is 0 Å². The van der Waals surface area contributed by atoms with Crippen LogP contribution in [0.4, 0.5) is 0 Å². The minimum absolute atomic E-state index is 0.0275. The molecule has 4 rings (SSSR count). The van der Waals surface area contributed by atoms with Crippen LogP contribution in [0.3, 0.4) is 0 Å². The molecule has 7 nitrogen and oxygen atoms in total. The van der Waals surface area contributed by atoms with Gasteiger partial charge in [0.2, 0.25) is 11.7 Å². The average molecular weight is 399 g/mol. The Labute approximate surface area is 172 Å². The predicted octanol–water partition coefficient (Wildman–Crippen LogP) is 2.98. The monoisotopic (exact) mass is 398 g/mol. The van der Waals surface area contributed by atoms with Crippen LogP contribution in [0.15, 0.2) is 34.9 Å². The summed E-state index contributed by atoms with van der Waals surface area (Å²) in [5.41, 5.74) is 0.975. The summed E-state index contributed by atoms with van der Waals surface area (Å²) in [6.07, 6.45) is 4.24.